The number of aliphatic hydroxyl groups is 1. The van der Waals surface area contributed by atoms with Crippen molar-refractivity contribution in [3.05, 3.63) is 58.8 Å². The summed E-state index contributed by atoms with van der Waals surface area (Å²) in [4.78, 5) is 6.32. The maximum atomic E-state index is 12.8. The van der Waals surface area contributed by atoms with E-state index in [4.69, 9.17) is 9.47 Å². The molecule has 2 fully saturated rings. The SMILES string of the molecule is COc1ccc2c3c1O[C@H]1c4[nH]c5ccccc5c4C[C@@]4(O)C(C2)N(CC2CC2)CC[C@]314. The number of H-pyrrole nitrogens is 1. The first-order valence-corrected chi connectivity index (χ1v) is 12.1. The maximum absolute atomic E-state index is 12.8. The average Bonchev–Trinajstić information content (AvgIpc) is 3.44. The fourth-order valence-electron chi connectivity index (χ4n) is 7.72. The fraction of sp³-hybridized carbons (Fsp3) is 0.481. The third-order valence-electron chi connectivity index (χ3n) is 9.27. The number of piperidine rings is 1. The first kappa shape index (κ1) is 18.0. The predicted octanol–water partition coefficient (Wildman–Crippen LogP) is 3.88. The molecule has 32 heavy (non-hydrogen) atoms. The average molecular weight is 429 g/mol. The van der Waals surface area contributed by atoms with Crippen molar-refractivity contribution in [2.75, 3.05) is 20.2 Å². The van der Waals surface area contributed by atoms with Crippen LogP contribution in [0.15, 0.2) is 36.4 Å². The number of aromatic nitrogens is 1. The molecule has 1 unspecified atom stereocenters. The highest BCUT2D eigenvalue weighted by atomic mass is 16.5. The highest BCUT2D eigenvalue weighted by Gasteiger charge is 2.72. The van der Waals surface area contributed by atoms with Crippen LogP contribution >= 0.6 is 0 Å². The van der Waals surface area contributed by atoms with Crippen LogP contribution in [-0.4, -0.2) is 46.8 Å². The Morgan fingerprint density at radius 3 is 2.94 bits per heavy atom. The molecule has 164 valence electrons. The zero-order chi connectivity index (χ0) is 21.2. The molecule has 1 aromatic heterocycles. The highest BCUT2D eigenvalue weighted by Crippen LogP contribution is 2.69. The molecule has 3 heterocycles. The molecule has 1 saturated heterocycles. The Morgan fingerprint density at radius 2 is 2.09 bits per heavy atom. The summed E-state index contributed by atoms with van der Waals surface area (Å²) in [5, 5.41) is 14.0. The normalized spacial score (nSPS) is 34.2. The first-order valence-electron chi connectivity index (χ1n) is 12.1. The maximum Gasteiger partial charge on any atom is 0.166 e. The number of nitrogens with one attached hydrogen (secondary N) is 1. The Bertz CT molecular complexity index is 1290. The van der Waals surface area contributed by atoms with Crippen LogP contribution < -0.4 is 9.47 Å². The number of nitrogens with zero attached hydrogens (tertiary/aromatic N) is 1. The number of rotatable bonds is 3. The summed E-state index contributed by atoms with van der Waals surface area (Å²) in [6, 6.07) is 12.9. The smallest absolute Gasteiger partial charge is 0.166 e. The summed E-state index contributed by atoms with van der Waals surface area (Å²) < 4.78 is 12.6. The molecule has 8 rings (SSSR count). The topological polar surface area (TPSA) is 57.7 Å². The number of hydrogen-bond donors (Lipinski definition) is 2. The van der Waals surface area contributed by atoms with Gasteiger partial charge in [0.25, 0.3) is 0 Å². The molecule has 2 aliphatic heterocycles. The molecule has 0 amide bonds. The second-order valence-electron chi connectivity index (χ2n) is 10.7. The lowest BCUT2D eigenvalue weighted by Gasteiger charge is -2.62. The van der Waals surface area contributed by atoms with Crippen molar-refractivity contribution in [1.29, 1.82) is 0 Å². The van der Waals surface area contributed by atoms with E-state index in [-0.39, 0.29) is 12.1 Å². The summed E-state index contributed by atoms with van der Waals surface area (Å²) in [6.07, 6.45) is 4.93. The quantitative estimate of drug-likeness (QED) is 0.665. The van der Waals surface area contributed by atoms with Crippen molar-refractivity contribution in [3.63, 3.8) is 0 Å². The van der Waals surface area contributed by atoms with Crippen molar-refractivity contribution in [2.24, 2.45) is 5.92 Å². The van der Waals surface area contributed by atoms with E-state index in [1.807, 2.05) is 0 Å². The lowest BCUT2D eigenvalue weighted by atomic mass is 9.49. The van der Waals surface area contributed by atoms with Gasteiger partial charge in [0, 0.05) is 35.5 Å². The van der Waals surface area contributed by atoms with E-state index >= 15 is 0 Å². The number of fused-ring (bicyclic) bond motifs is 4. The van der Waals surface area contributed by atoms with Crippen molar-refractivity contribution >= 4 is 10.9 Å². The second-order valence-corrected chi connectivity index (χ2v) is 10.7. The molecule has 0 radical (unpaired) electrons. The van der Waals surface area contributed by atoms with Gasteiger partial charge in [-0.3, -0.25) is 4.90 Å². The number of hydrogen-bond acceptors (Lipinski definition) is 4. The van der Waals surface area contributed by atoms with Crippen molar-refractivity contribution in [2.45, 2.75) is 55.3 Å². The van der Waals surface area contributed by atoms with Gasteiger partial charge in [0.1, 0.15) is 0 Å². The minimum atomic E-state index is -0.854. The molecule has 2 aromatic carbocycles. The van der Waals surface area contributed by atoms with Crippen LogP contribution in [0.4, 0.5) is 0 Å². The standard InChI is InChI=1S/C27H28N2O3/c1-31-20-9-8-16-12-21-27(30)13-18-17-4-2-3-5-19(17)28-23(18)25-26(27,22(16)24(20)32-25)10-11-29(21)14-15-6-7-15/h2-5,8-9,15,21,25,28,30H,6-7,10-14H2,1H3/t21?,25-,26-,27+/m0/s1. The van der Waals surface area contributed by atoms with Gasteiger partial charge < -0.3 is 19.6 Å². The predicted molar refractivity (Wildman–Crippen MR) is 121 cm³/mol. The molecule has 3 aliphatic carbocycles. The lowest BCUT2D eigenvalue weighted by Crippen LogP contribution is -2.74. The van der Waals surface area contributed by atoms with Gasteiger partial charge in [0.05, 0.1) is 23.8 Å². The number of aromatic amines is 1. The Kier molecular flexibility index (Phi) is 3.20. The molecule has 3 aromatic rings. The summed E-state index contributed by atoms with van der Waals surface area (Å²) in [7, 11) is 1.71. The van der Waals surface area contributed by atoms with E-state index in [1.165, 1.54) is 34.9 Å². The summed E-state index contributed by atoms with van der Waals surface area (Å²) in [5.74, 6) is 2.45. The van der Waals surface area contributed by atoms with E-state index in [1.54, 1.807) is 7.11 Å². The largest absolute Gasteiger partial charge is 0.493 e. The van der Waals surface area contributed by atoms with E-state index < -0.39 is 11.0 Å². The van der Waals surface area contributed by atoms with Crippen LogP contribution in [0.2, 0.25) is 0 Å². The van der Waals surface area contributed by atoms with E-state index in [0.29, 0.717) is 6.42 Å². The Balaban J connectivity index is 1.42. The minimum absolute atomic E-state index is 0.122. The zero-order valence-electron chi connectivity index (χ0n) is 18.4. The Labute approximate surface area is 187 Å². The summed E-state index contributed by atoms with van der Waals surface area (Å²) >= 11 is 0. The molecule has 2 bridgehead atoms. The summed E-state index contributed by atoms with van der Waals surface area (Å²) in [6.45, 7) is 2.14. The van der Waals surface area contributed by atoms with Crippen LogP contribution in [0.3, 0.4) is 0 Å². The zero-order valence-corrected chi connectivity index (χ0v) is 18.4. The van der Waals surface area contributed by atoms with Crippen LogP contribution in [0.25, 0.3) is 10.9 Å². The molecule has 1 spiro atoms. The Morgan fingerprint density at radius 1 is 1.22 bits per heavy atom. The van der Waals surface area contributed by atoms with Gasteiger partial charge in [-0.25, -0.2) is 0 Å². The van der Waals surface area contributed by atoms with Gasteiger partial charge in [0.2, 0.25) is 0 Å². The number of benzene rings is 2. The van der Waals surface area contributed by atoms with E-state index in [0.717, 1.165) is 54.6 Å². The molecule has 5 aliphatic rings. The van der Waals surface area contributed by atoms with E-state index in [2.05, 4.69) is 46.3 Å². The van der Waals surface area contributed by atoms with Crippen molar-refractivity contribution in [1.82, 2.24) is 9.88 Å². The van der Waals surface area contributed by atoms with Crippen molar-refractivity contribution in [3.8, 4) is 11.5 Å². The van der Waals surface area contributed by atoms with Gasteiger partial charge in [-0.1, -0.05) is 24.3 Å². The van der Waals surface area contributed by atoms with Crippen LogP contribution in [-0.2, 0) is 18.3 Å². The molecule has 5 heteroatoms. The number of ether oxygens (including phenoxy) is 2. The van der Waals surface area contributed by atoms with Crippen LogP contribution in [0, 0.1) is 5.92 Å². The van der Waals surface area contributed by atoms with Gasteiger partial charge in [-0.05, 0) is 61.4 Å². The molecular weight excluding hydrogens is 400 g/mol. The Hall–Kier alpha value is -2.50. The molecule has 2 N–H and O–H groups in total. The minimum Gasteiger partial charge on any atom is -0.493 e. The molecular formula is C27H28N2O3. The number of likely N-dealkylation sites (tertiary alicyclic amines) is 1. The third kappa shape index (κ3) is 1.91. The number of para-hydroxylation sites is 1. The van der Waals surface area contributed by atoms with Gasteiger partial charge in [-0.15, -0.1) is 0 Å². The van der Waals surface area contributed by atoms with Crippen molar-refractivity contribution < 1.29 is 14.6 Å². The monoisotopic (exact) mass is 428 g/mol. The second kappa shape index (κ2) is 5.70. The highest BCUT2D eigenvalue weighted by molar-refractivity contribution is 5.86. The summed E-state index contributed by atoms with van der Waals surface area (Å²) in [5.41, 5.74) is 4.78. The number of methoxy groups -OCH3 is 1. The van der Waals surface area contributed by atoms with Gasteiger partial charge >= 0.3 is 0 Å². The molecule has 5 nitrogen and oxygen atoms in total. The van der Waals surface area contributed by atoms with Gasteiger partial charge in [0.15, 0.2) is 17.6 Å². The third-order valence-corrected chi connectivity index (χ3v) is 9.27. The molecule has 1 saturated carbocycles. The fourth-order valence-corrected chi connectivity index (χ4v) is 7.72. The van der Waals surface area contributed by atoms with Crippen LogP contribution in [0.1, 0.15) is 47.8 Å². The van der Waals surface area contributed by atoms with Gasteiger partial charge in [-0.2, -0.15) is 0 Å². The molecule has 4 atom stereocenters. The first-order chi connectivity index (χ1) is 15.6. The van der Waals surface area contributed by atoms with Crippen LogP contribution in [0.5, 0.6) is 11.5 Å². The lowest BCUT2D eigenvalue weighted by molar-refractivity contribution is -0.173. The van der Waals surface area contributed by atoms with E-state index in [9.17, 15) is 5.11 Å².